The molecule has 0 aromatic heterocycles. The number of hydrogen-bond acceptors (Lipinski definition) is 3. The Morgan fingerprint density at radius 1 is 1.23 bits per heavy atom. The lowest BCUT2D eigenvalue weighted by atomic mass is 9.87. The average Bonchev–Trinajstić information content (AvgIpc) is 2.73. The summed E-state index contributed by atoms with van der Waals surface area (Å²) < 4.78 is 17.0. The van der Waals surface area contributed by atoms with Crippen LogP contribution in [0.2, 0.25) is 0 Å². The molecule has 0 spiro atoms. The molecule has 1 aliphatic heterocycles. The van der Waals surface area contributed by atoms with Gasteiger partial charge in [0.1, 0.15) is 0 Å². The lowest BCUT2D eigenvalue weighted by molar-refractivity contribution is 0.0428. The van der Waals surface area contributed by atoms with Crippen molar-refractivity contribution in [2.45, 2.75) is 45.6 Å². The monoisotopic (exact) mass is 370 g/mol. The average molecular weight is 371 g/mol. The first-order chi connectivity index (χ1) is 10.5. The number of halogens is 1. The molecule has 0 aliphatic carbocycles. The quantitative estimate of drug-likeness (QED) is 0.665. The molecule has 4 heteroatoms. The Hall–Kier alpha value is -0.740. The first-order valence-electron chi connectivity index (χ1n) is 7.93. The van der Waals surface area contributed by atoms with Crippen LogP contribution >= 0.6 is 15.9 Å². The van der Waals surface area contributed by atoms with E-state index in [2.05, 4.69) is 41.9 Å². The summed E-state index contributed by atoms with van der Waals surface area (Å²) in [5.41, 5.74) is 2.88. The SMILES string of the molecule is COc1cc2c(cc1OC)C(CCC(C)(C)CBr)OCCC2. The Balaban J connectivity index is 2.27. The van der Waals surface area contributed by atoms with Crippen LogP contribution in [0.3, 0.4) is 0 Å². The molecule has 1 atom stereocenters. The predicted octanol–water partition coefficient (Wildman–Crippen LogP) is 4.91. The number of ether oxygens (including phenoxy) is 3. The minimum Gasteiger partial charge on any atom is -0.493 e. The maximum atomic E-state index is 6.13. The van der Waals surface area contributed by atoms with Crippen molar-refractivity contribution in [2.75, 3.05) is 26.2 Å². The Labute approximate surface area is 142 Å². The van der Waals surface area contributed by atoms with E-state index in [1.807, 2.05) is 0 Å². The third-order valence-corrected chi connectivity index (χ3v) is 5.86. The van der Waals surface area contributed by atoms with E-state index in [-0.39, 0.29) is 11.5 Å². The van der Waals surface area contributed by atoms with Crippen molar-refractivity contribution in [1.29, 1.82) is 0 Å². The van der Waals surface area contributed by atoms with Crippen molar-refractivity contribution < 1.29 is 14.2 Å². The highest BCUT2D eigenvalue weighted by molar-refractivity contribution is 9.09. The van der Waals surface area contributed by atoms with Crippen molar-refractivity contribution in [3.05, 3.63) is 23.3 Å². The molecule has 0 radical (unpaired) electrons. The summed E-state index contributed by atoms with van der Waals surface area (Å²) in [5, 5.41) is 1.01. The van der Waals surface area contributed by atoms with E-state index in [9.17, 15) is 0 Å². The van der Waals surface area contributed by atoms with Crippen molar-refractivity contribution in [3.63, 3.8) is 0 Å². The molecule has 3 nitrogen and oxygen atoms in total. The molecule has 0 bridgehead atoms. The van der Waals surface area contributed by atoms with Crippen molar-refractivity contribution in [1.82, 2.24) is 0 Å². The van der Waals surface area contributed by atoms with E-state index < -0.39 is 0 Å². The first kappa shape index (κ1) is 17.6. The molecule has 1 heterocycles. The predicted molar refractivity (Wildman–Crippen MR) is 93.4 cm³/mol. The molecule has 1 unspecified atom stereocenters. The smallest absolute Gasteiger partial charge is 0.161 e. The Bertz CT molecular complexity index is 499. The van der Waals surface area contributed by atoms with Crippen LogP contribution in [0.15, 0.2) is 12.1 Å². The minimum absolute atomic E-state index is 0.149. The summed E-state index contributed by atoms with van der Waals surface area (Å²) in [6.07, 6.45) is 4.39. The van der Waals surface area contributed by atoms with Gasteiger partial charge in [-0.15, -0.1) is 0 Å². The fraction of sp³-hybridized carbons (Fsp3) is 0.667. The third-order valence-electron chi connectivity index (χ3n) is 4.35. The third kappa shape index (κ3) is 4.17. The first-order valence-corrected chi connectivity index (χ1v) is 9.05. The summed E-state index contributed by atoms with van der Waals surface area (Å²) in [4.78, 5) is 0. The van der Waals surface area contributed by atoms with E-state index in [0.29, 0.717) is 0 Å². The molecule has 0 fully saturated rings. The van der Waals surface area contributed by atoms with Crippen molar-refractivity contribution in [3.8, 4) is 11.5 Å². The molecule has 0 N–H and O–H groups in total. The summed E-state index contributed by atoms with van der Waals surface area (Å²) in [6.45, 7) is 5.39. The topological polar surface area (TPSA) is 27.7 Å². The van der Waals surface area contributed by atoms with Gasteiger partial charge >= 0.3 is 0 Å². The number of hydrogen-bond donors (Lipinski definition) is 0. The highest BCUT2D eigenvalue weighted by atomic mass is 79.9. The van der Waals surface area contributed by atoms with Gasteiger partial charge < -0.3 is 14.2 Å². The van der Waals surface area contributed by atoms with E-state index >= 15 is 0 Å². The Morgan fingerprint density at radius 3 is 2.55 bits per heavy atom. The maximum absolute atomic E-state index is 6.13. The van der Waals surface area contributed by atoms with Gasteiger partial charge in [-0.05, 0) is 54.4 Å². The van der Waals surface area contributed by atoms with Gasteiger partial charge in [0.2, 0.25) is 0 Å². The van der Waals surface area contributed by atoms with Gasteiger partial charge in [0.15, 0.2) is 11.5 Å². The zero-order chi connectivity index (χ0) is 16.2. The van der Waals surface area contributed by atoms with E-state index in [0.717, 1.165) is 49.1 Å². The zero-order valence-electron chi connectivity index (χ0n) is 14.1. The van der Waals surface area contributed by atoms with Gasteiger partial charge in [0.25, 0.3) is 0 Å². The number of benzene rings is 1. The second kappa shape index (κ2) is 7.69. The van der Waals surface area contributed by atoms with Crippen LogP contribution < -0.4 is 9.47 Å². The standard InChI is InChI=1S/C18H27BrO3/c1-18(2,12-19)8-7-15-14-11-17(21-4)16(20-3)10-13(14)6-5-9-22-15/h10-11,15H,5-9,12H2,1-4H3. The molecule has 22 heavy (non-hydrogen) atoms. The largest absolute Gasteiger partial charge is 0.493 e. The molecule has 2 rings (SSSR count). The molecular weight excluding hydrogens is 344 g/mol. The number of rotatable bonds is 6. The molecule has 1 aromatic rings. The normalized spacial score (nSPS) is 18.5. The Morgan fingerprint density at radius 2 is 1.91 bits per heavy atom. The van der Waals surface area contributed by atoms with Crippen LogP contribution in [-0.2, 0) is 11.2 Å². The lowest BCUT2D eigenvalue weighted by Crippen LogP contribution is -2.16. The summed E-state index contributed by atoms with van der Waals surface area (Å²) >= 11 is 3.61. The minimum atomic E-state index is 0.149. The highest BCUT2D eigenvalue weighted by Crippen LogP contribution is 2.39. The molecule has 1 aliphatic rings. The van der Waals surface area contributed by atoms with Gasteiger partial charge in [-0.2, -0.15) is 0 Å². The molecular formula is C18H27BrO3. The Kier molecular flexibility index (Phi) is 6.16. The van der Waals surface area contributed by atoms with Gasteiger partial charge in [-0.1, -0.05) is 29.8 Å². The maximum Gasteiger partial charge on any atom is 0.161 e. The van der Waals surface area contributed by atoms with Crippen LogP contribution in [0, 0.1) is 5.41 Å². The molecule has 0 saturated heterocycles. The fourth-order valence-electron chi connectivity index (χ4n) is 2.86. The summed E-state index contributed by atoms with van der Waals surface area (Å²) in [7, 11) is 3.37. The van der Waals surface area contributed by atoms with Crippen molar-refractivity contribution in [2.24, 2.45) is 5.41 Å². The highest BCUT2D eigenvalue weighted by Gasteiger charge is 2.25. The van der Waals surface area contributed by atoms with E-state index in [4.69, 9.17) is 14.2 Å². The van der Waals surface area contributed by atoms with E-state index in [1.54, 1.807) is 14.2 Å². The molecule has 1 aromatic carbocycles. The fourth-order valence-corrected chi connectivity index (χ4v) is 3.14. The summed E-state index contributed by atoms with van der Waals surface area (Å²) in [5.74, 6) is 1.60. The number of aryl methyl sites for hydroxylation is 1. The number of fused-ring (bicyclic) bond motifs is 1. The molecule has 124 valence electrons. The van der Waals surface area contributed by atoms with Gasteiger partial charge in [0.05, 0.1) is 20.3 Å². The van der Waals surface area contributed by atoms with Crippen LogP contribution in [0.1, 0.15) is 50.3 Å². The van der Waals surface area contributed by atoms with Crippen LogP contribution in [0.5, 0.6) is 11.5 Å². The van der Waals surface area contributed by atoms with Gasteiger partial charge in [-0.25, -0.2) is 0 Å². The summed E-state index contributed by atoms with van der Waals surface area (Å²) in [6, 6.07) is 4.22. The molecule has 0 saturated carbocycles. The van der Waals surface area contributed by atoms with Crippen LogP contribution in [0.25, 0.3) is 0 Å². The van der Waals surface area contributed by atoms with Gasteiger partial charge in [-0.3, -0.25) is 0 Å². The van der Waals surface area contributed by atoms with Crippen molar-refractivity contribution >= 4 is 15.9 Å². The number of alkyl halides is 1. The van der Waals surface area contributed by atoms with Gasteiger partial charge in [0, 0.05) is 11.9 Å². The second-order valence-corrected chi connectivity index (χ2v) is 7.27. The van der Waals surface area contributed by atoms with Crippen LogP contribution in [0.4, 0.5) is 0 Å². The lowest BCUT2D eigenvalue weighted by Gasteiger charge is -2.26. The van der Waals surface area contributed by atoms with E-state index in [1.165, 1.54) is 11.1 Å². The molecule has 0 amide bonds. The van der Waals surface area contributed by atoms with Crippen LogP contribution in [-0.4, -0.2) is 26.2 Å². The number of methoxy groups -OCH3 is 2. The zero-order valence-corrected chi connectivity index (χ0v) is 15.7. The second-order valence-electron chi connectivity index (χ2n) is 6.71.